The summed E-state index contributed by atoms with van der Waals surface area (Å²) < 4.78 is 5.26. The van der Waals surface area contributed by atoms with Crippen LogP contribution in [0.2, 0.25) is 0 Å². The highest BCUT2D eigenvalue weighted by Gasteiger charge is 2.15. The second-order valence-corrected chi connectivity index (χ2v) is 5.37. The van der Waals surface area contributed by atoms with Crippen molar-refractivity contribution < 1.29 is 4.74 Å². The quantitative estimate of drug-likeness (QED) is 0.768. The van der Waals surface area contributed by atoms with E-state index in [9.17, 15) is 0 Å². The molecule has 0 saturated carbocycles. The van der Waals surface area contributed by atoms with Gasteiger partial charge in [0.25, 0.3) is 0 Å². The molecule has 20 heavy (non-hydrogen) atoms. The van der Waals surface area contributed by atoms with Crippen molar-refractivity contribution >= 4 is 5.69 Å². The van der Waals surface area contributed by atoms with Gasteiger partial charge in [-0.05, 0) is 38.8 Å². The van der Waals surface area contributed by atoms with Gasteiger partial charge in [-0.3, -0.25) is 0 Å². The second kappa shape index (κ2) is 7.40. The van der Waals surface area contributed by atoms with E-state index in [4.69, 9.17) is 15.3 Å². The van der Waals surface area contributed by atoms with E-state index < -0.39 is 0 Å². The molecule has 0 aliphatic carbocycles. The fourth-order valence-corrected chi connectivity index (χ4v) is 1.94. The van der Waals surface area contributed by atoms with Crippen LogP contribution in [0.1, 0.15) is 38.7 Å². The van der Waals surface area contributed by atoms with Gasteiger partial charge >= 0.3 is 0 Å². The van der Waals surface area contributed by atoms with Crippen LogP contribution in [0.4, 0.5) is 5.69 Å². The minimum Gasteiger partial charge on any atom is -0.495 e. The van der Waals surface area contributed by atoms with Gasteiger partial charge in [0, 0.05) is 6.54 Å². The molecule has 0 aliphatic heterocycles. The topological polar surface area (TPSA) is 68.8 Å². The van der Waals surface area contributed by atoms with Gasteiger partial charge in [0.15, 0.2) is 0 Å². The average molecular weight is 271 g/mol. The van der Waals surface area contributed by atoms with Crippen LogP contribution in [0.15, 0.2) is 18.2 Å². The van der Waals surface area contributed by atoms with E-state index in [2.05, 4.69) is 17.5 Å². The average Bonchev–Trinajstić information content (AvgIpc) is 2.46. The number of benzene rings is 1. The Balaban J connectivity index is 2.51. The summed E-state index contributed by atoms with van der Waals surface area (Å²) in [5.74, 6) is 0.682. The monoisotopic (exact) mass is 271 g/mol. The molecule has 1 aromatic rings. The Morgan fingerprint density at radius 1 is 1.25 bits per heavy atom. The fraction of sp³-hybridized carbons (Fsp3) is 0.500. The third-order valence-electron chi connectivity index (χ3n) is 3.20. The lowest BCUT2D eigenvalue weighted by Crippen LogP contribution is -2.09. The van der Waals surface area contributed by atoms with Crippen molar-refractivity contribution in [2.24, 2.45) is 5.41 Å². The predicted molar refractivity (Wildman–Crippen MR) is 79.4 cm³/mol. The smallest absolute Gasteiger partial charge is 0.143 e. The number of anilines is 1. The second-order valence-electron chi connectivity index (χ2n) is 5.37. The Labute approximate surface area is 121 Å². The fourth-order valence-electron chi connectivity index (χ4n) is 1.94. The Morgan fingerprint density at radius 2 is 2.00 bits per heavy atom. The van der Waals surface area contributed by atoms with E-state index >= 15 is 0 Å². The van der Waals surface area contributed by atoms with Crippen LogP contribution in [0.3, 0.4) is 0 Å². The van der Waals surface area contributed by atoms with Gasteiger partial charge in [-0.25, -0.2) is 0 Å². The van der Waals surface area contributed by atoms with E-state index in [-0.39, 0.29) is 5.41 Å². The third kappa shape index (κ3) is 4.48. The Hall–Kier alpha value is -2.20. The molecule has 1 N–H and O–H groups in total. The van der Waals surface area contributed by atoms with Crippen molar-refractivity contribution in [3.05, 3.63) is 23.8 Å². The number of hydrogen-bond donors (Lipinski definition) is 1. The zero-order valence-corrected chi connectivity index (χ0v) is 12.4. The number of ether oxygens (including phenoxy) is 1. The van der Waals surface area contributed by atoms with Crippen molar-refractivity contribution in [2.75, 3.05) is 19.0 Å². The first kappa shape index (κ1) is 15.9. The molecule has 1 aromatic carbocycles. The highest BCUT2D eigenvalue weighted by Crippen LogP contribution is 2.28. The molecular formula is C16H21N3O. The summed E-state index contributed by atoms with van der Waals surface area (Å²) in [6, 6.07) is 9.87. The number of para-hydroxylation sites is 1. The maximum Gasteiger partial charge on any atom is 0.143 e. The zero-order valence-electron chi connectivity index (χ0n) is 12.4. The summed E-state index contributed by atoms with van der Waals surface area (Å²) >= 11 is 0. The molecule has 0 amide bonds. The van der Waals surface area contributed by atoms with Gasteiger partial charge in [-0.1, -0.05) is 12.5 Å². The molecule has 0 bridgehead atoms. The number of hydrogen-bond acceptors (Lipinski definition) is 4. The number of unbranched alkanes of at least 4 members (excludes halogenated alkanes) is 1. The lowest BCUT2D eigenvalue weighted by Gasteiger charge is -2.15. The van der Waals surface area contributed by atoms with E-state index in [1.54, 1.807) is 19.2 Å². The van der Waals surface area contributed by atoms with Crippen molar-refractivity contribution in [1.82, 2.24) is 0 Å². The van der Waals surface area contributed by atoms with Gasteiger partial charge in [0.05, 0.1) is 29.8 Å². The standard InChI is InChI=1S/C16H21N3O/c1-16(2,12-18)9-4-5-10-19-15-13(11-17)7-6-8-14(15)20-3/h6-8,19H,4-5,9-10H2,1-3H3. The minimum atomic E-state index is -0.262. The lowest BCUT2D eigenvalue weighted by atomic mass is 9.89. The van der Waals surface area contributed by atoms with Crippen LogP contribution in [0, 0.1) is 28.1 Å². The van der Waals surface area contributed by atoms with Crippen molar-refractivity contribution in [3.63, 3.8) is 0 Å². The highest BCUT2D eigenvalue weighted by molar-refractivity contribution is 5.66. The summed E-state index contributed by atoms with van der Waals surface area (Å²) in [6.45, 7) is 4.67. The first-order chi connectivity index (χ1) is 9.54. The third-order valence-corrected chi connectivity index (χ3v) is 3.20. The van der Waals surface area contributed by atoms with Gasteiger partial charge < -0.3 is 10.1 Å². The van der Waals surface area contributed by atoms with Crippen LogP contribution in [-0.2, 0) is 0 Å². The van der Waals surface area contributed by atoms with Crippen molar-refractivity contribution in [1.29, 1.82) is 10.5 Å². The first-order valence-electron chi connectivity index (χ1n) is 6.76. The summed E-state index contributed by atoms with van der Waals surface area (Å²) in [5.41, 5.74) is 1.07. The van der Waals surface area contributed by atoms with Crippen molar-refractivity contribution in [3.8, 4) is 17.9 Å². The summed E-state index contributed by atoms with van der Waals surface area (Å²) in [5, 5.41) is 21.3. The molecule has 0 saturated heterocycles. The zero-order chi connectivity index (χ0) is 15.0. The van der Waals surface area contributed by atoms with E-state index in [1.165, 1.54) is 0 Å². The van der Waals surface area contributed by atoms with Crippen LogP contribution >= 0.6 is 0 Å². The Morgan fingerprint density at radius 3 is 2.60 bits per heavy atom. The van der Waals surface area contributed by atoms with Gasteiger partial charge in [-0.15, -0.1) is 0 Å². The number of nitrogens with zero attached hydrogens (tertiary/aromatic N) is 2. The molecule has 1 rings (SSSR count). The summed E-state index contributed by atoms with van der Waals surface area (Å²) in [4.78, 5) is 0. The molecule has 0 unspecified atom stereocenters. The van der Waals surface area contributed by atoms with E-state index in [0.717, 1.165) is 31.5 Å². The minimum absolute atomic E-state index is 0.262. The molecule has 0 radical (unpaired) electrons. The number of methoxy groups -OCH3 is 1. The maximum absolute atomic E-state index is 9.10. The number of nitrogens with one attached hydrogen (secondary N) is 1. The van der Waals surface area contributed by atoms with E-state index in [0.29, 0.717) is 11.3 Å². The SMILES string of the molecule is COc1cccc(C#N)c1NCCCCC(C)(C)C#N. The largest absolute Gasteiger partial charge is 0.495 e. The van der Waals surface area contributed by atoms with Crippen LogP contribution in [-0.4, -0.2) is 13.7 Å². The summed E-state index contributed by atoms with van der Waals surface area (Å²) in [6.07, 6.45) is 2.81. The molecule has 0 aromatic heterocycles. The maximum atomic E-state index is 9.10. The van der Waals surface area contributed by atoms with Gasteiger partial charge in [-0.2, -0.15) is 10.5 Å². The number of nitriles is 2. The number of rotatable bonds is 7. The molecule has 0 aliphatic rings. The highest BCUT2D eigenvalue weighted by atomic mass is 16.5. The summed E-state index contributed by atoms with van der Waals surface area (Å²) in [7, 11) is 1.59. The molecule has 0 spiro atoms. The molecule has 0 fully saturated rings. The first-order valence-corrected chi connectivity index (χ1v) is 6.76. The van der Waals surface area contributed by atoms with Gasteiger partial charge in [0.2, 0.25) is 0 Å². The van der Waals surface area contributed by atoms with E-state index in [1.807, 2.05) is 19.9 Å². The Kier molecular flexibility index (Phi) is 5.87. The molecule has 0 heterocycles. The molecule has 0 atom stereocenters. The predicted octanol–water partition coefficient (Wildman–Crippen LogP) is 3.70. The Bertz CT molecular complexity index is 524. The molecule has 4 nitrogen and oxygen atoms in total. The van der Waals surface area contributed by atoms with Gasteiger partial charge in [0.1, 0.15) is 11.8 Å². The van der Waals surface area contributed by atoms with Crippen LogP contribution < -0.4 is 10.1 Å². The van der Waals surface area contributed by atoms with Crippen LogP contribution in [0.5, 0.6) is 5.75 Å². The van der Waals surface area contributed by atoms with Crippen LogP contribution in [0.25, 0.3) is 0 Å². The lowest BCUT2D eigenvalue weighted by molar-refractivity contribution is 0.415. The molecular weight excluding hydrogens is 250 g/mol. The van der Waals surface area contributed by atoms with Crippen molar-refractivity contribution in [2.45, 2.75) is 33.1 Å². The molecule has 4 heteroatoms. The molecule has 106 valence electrons. The normalized spacial score (nSPS) is 10.4.